The van der Waals surface area contributed by atoms with Crippen molar-refractivity contribution in [3.63, 3.8) is 0 Å². The molecule has 1 aromatic carbocycles. The second-order valence-electron chi connectivity index (χ2n) is 4.74. The lowest BCUT2D eigenvalue weighted by Crippen LogP contribution is -2.25. The molecular weight excluding hydrogens is 345 g/mol. The van der Waals surface area contributed by atoms with E-state index in [4.69, 9.17) is 0 Å². The lowest BCUT2D eigenvalue weighted by Gasteiger charge is -2.17. The predicted octanol–water partition coefficient (Wildman–Crippen LogP) is 1.22. The van der Waals surface area contributed by atoms with E-state index in [0.717, 1.165) is 10.9 Å². The minimum atomic E-state index is -4.44. The number of benzene rings is 1. The van der Waals surface area contributed by atoms with E-state index in [-0.39, 0.29) is 10.7 Å². The Morgan fingerprint density at radius 3 is 2.30 bits per heavy atom. The van der Waals surface area contributed by atoms with Crippen LogP contribution in [0, 0.1) is 5.82 Å². The van der Waals surface area contributed by atoms with Crippen molar-refractivity contribution < 1.29 is 17.0 Å². The van der Waals surface area contributed by atoms with Gasteiger partial charge in [0, 0.05) is 21.1 Å². The Kier molecular flexibility index (Phi) is 4.73. The third kappa shape index (κ3) is 3.68. The number of hydrogen-bond donors (Lipinski definition) is 1. The fraction of sp³-hybridized carbons (Fsp3) is 0.250. The Morgan fingerprint density at radius 1 is 1.22 bits per heavy atom. The monoisotopic (exact) mass is 361 g/mol. The van der Waals surface area contributed by atoms with Gasteiger partial charge in [0.25, 0.3) is 0 Å². The van der Waals surface area contributed by atoms with E-state index in [0.29, 0.717) is 0 Å². The fourth-order valence-electron chi connectivity index (χ4n) is 1.72. The number of nitrogens with zero attached hydrogens (tertiary/aromatic N) is 4. The van der Waals surface area contributed by atoms with E-state index in [2.05, 4.69) is 8.87 Å². The van der Waals surface area contributed by atoms with Gasteiger partial charge in [0.1, 0.15) is 0 Å². The molecule has 2 rings (SSSR count). The van der Waals surface area contributed by atoms with Gasteiger partial charge in [0.15, 0.2) is 21.6 Å². The van der Waals surface area contributed by atoms with Crippen LogP contribution in [0.15, 0.2) is 45.2 Å². The van der Waals surface area contributed by atoms with Crippen molar-refractivity contribution in [2.75, 3.05) is 18.8 Å². The SMILES string of the molecule is CN(C)S(=O)(=NS(=O)(=O)Nc1c(F)cnn1C)c1ccccc1. The maximum atomic E-state index is 13.5. The first-order chi connectivity index (χ1) is 10.7. The third-order valence-electron chi connectivity index (χ3n) is 2.86. The summed E-state index contributed by atoms with van der Waals surface area (Å²) < 4.78 is 58.6. The van der Waals surface area contributed by atoms with Crippen LogP contribution in [0.4, 0.5) is 10.2 Å². The molecule has 8 nitrogen and oxygen atoms in total. The zero-order valence-electron chi connectivity index (χ0n) is 12.7. The molecule has 0 radical (unpaired) electrons. The fourth-order valence-corrected chi connectivity index (χ4v) is 5.22. The van der Waals surface area contributed by atoms with Crippen molar-refractivity contribution in [3.05, 3.63) is 42.3 Å². The highest BCUT2D eigenvalue weighted by atomic mass is 32.3. The van der Waals surface area contributed by atoms with Crippen LogP contribution in [0.25, 0.3) is 0 Å². The standard InChI is InChI=1S/C12H16FN5O3S2/c1-17(2)22(19,10-7-5-4-6-8-10)16-23(20,21)15-12-11(13)9-14-18(12)3/h4-9,15H,1-3H3. The molecular formula is C12H16FN5O3S2. The van der Waals surface area contributed by atoms with Crippen molar-refractivity contribution in [1.29, 1.82) is 0 Å². The molecule has 1 N–H and O–H groups in total. The lowest BCUT2D eigenvalue weighted by molar-refractivity contribution is 0.585. The third-order valence-corrected chi connectivity index (χ3v) is 6.78. The highest BCUT2D eigenvalue weighted by molar-refractivity contribution is 8.02. The molecule has 126 valence electrons. The van der Waals surface area contributed by atoms with Crippen LogP contribution in [-0.2, 0) is 27.2 Å². The molecule has 0 amide bonds. The molecule has 23 heavy (non-hydrogen) atoms. The van der Waals surface area contributed by atoms with Crippen molar-refractivity contribution >= 4 is 25.9 Å². The zero-order chi connectivity index (χ0) is 17.3. The number of aryl methyl sites for hydroxylation is 1. The normalized spacial score (nSPS) is 14.5. The summed E-state index contributed by atoms with van der Waals surface area (Å²) in [7, 11) is -3.61. The van der Waals surface area contributed by atoms with Gasteiger partial charge in [-0.15, -0.1) is 0 Å². The van der Waals surface area contributed by atoms with E-state index in [1.807, 2.05) is 4.72 Å². The van der Waals surface area contributed by atoms with E-state index < -0.39 is 25.9 Å². The molecule has 0 fully saturated rings. The summed E-state index contributed by atoms with van der Waals surface area (Å²) in [4.78, 5) is 0.223. The number of nitrogens with one attached hydrogen (secondary N) is 1. The average Bonchev–Trinajstić information content (AvgIpc) is 2.79. The number of halogens is 1. The summed E-state index contributed by atoms with van der Waals surface area (Å²) in [6.07, 6.45) is 0.859. The van der Waals surface area contributed by atoms with Gasteiger partial charge < -0.3 is 0 Å². The summed E-state index contributed by atoms with van der Waals surface area (Å²) in [5, 5.41) is 3.58. The highest BCUT2D eigenvalue weighted by Crippen LogP contribution is 2.20. The molecule has 11 heteroatoms. The van der Waals surface area contributed by atoms with Gasteiger partial charge in [-0.2, -0.15) is 13.5 Å². The Labute approximate surface area is 134 Å². The summed E-state index contributed by atoms with van der Waals surface area (Å²) in [5.74, 6) is -1.25. The van der Waals surface area contributed by atoms with Crippen molar-refractivity contribution in [1.82, 2.24) is 14.1 Å². The molecule has 1 heterocycles. The van der Waals surface area contributed by atoms with E-state index in [1.165, 1.54) is 37.6 Å². The Hall–Kier alpha value is -1.98. The second-order valence-corrected chi connectivity index (χ2v) is 8.68. The van der Waals surface area contributed by atoms with Gasteiger partial charge in [-0.25, -0.2) is 22.3 Å². The Balaban J connectivity index is 2.54. The van der Waals surface area contributed by atoms with Gasteiger partial charge >= 0.3 is 10.2 Å². The smallest absolute Gasteiger partial charge is 0.249 e. The molecule has 0 spiro atoms. The van der Waals surface area contributed by atoms with Gasteiger partial charge in [-0.3, -0.25) is 0 Å². The molecule has 0 aliphatic carbocycles. The van der Waals surface area contributed by atoms with Crippen LogP contribution in [0.2, 0.25) is 0 Å². The van der Waals surface area contributed by atoms with Crippen LogP contribution >= 0.6 is 0 Å². The minimum absolute atomic E-state index is 0.223. The Morgan fingerprint density at radius 2 is 1.83 bits per heavy atom. The van der Waals surface area contributed by atoms with Gasteiger partial charge in [-0.1, -0.05) is 22.0 Å². The molecule has 0 saturated carbocycles. The quantitative estimate of drug-likeness (QED) is 0.866. The number of anilines is 1. The van der Waals surface area contributed by atoms with Crippen molar-refractivity contribution in [2.24, 2.45) is 10.8 Å². The summed E-state index contributed by atoms with van der Waals surface area (Å²) in [6, 6.07) is 7.96. The zero-order valence-corrected chi connectivity index (χ0v) is 14.3. The average molecular weight is 361 g/mol. The highest BCUT2D eigenvalue weighted by Gasteiger charge is 2.23. The van der Waals surface area contributed by atoms with Crippen LogP contribution < -0.4 is 4.72 Å². The van der Waals surface area contributed by atoms with E-state index in [1.54, 1.807) is 18.2 Å². The van der Waals surface area contributed by atoms with Crippen LogP contribution in [0.1, 0.15) is 0 Å². The first-order valence-corrected chi connectivity index (χ1v) is 9.28. The van der Waals surface area contributed by atoms with Gasteiger partial charge in [0.2, 0.25) is 0 Å². The maximum Gasteiger partial charge on any atom is 0.352 e. The van der Waals surface area contributed by atoms with Gasteiger partial charge in [0.05, 0.1) is 11.1 Å². The molecule has 2 aromatic rings. The summed E-state index contributed by atoms with van der Waals surface area (Å²) in [5.41, 5.74) is 0. The van der Waals surface area contributed by atoms with Crippen molar-refractivity contribution in [2.45, 2.75) is 4.90 Å². The first-order valence-electron chi connectivity index (χ1n) is 6.37. The van der Waals surface area contributed by atoms with E-state index in [9.17, 15) is 17.0 Å². The molecule has 1 unspecified atom stereocenters. The van der Waals surface area contributed by atoms with Crippen LogP contribution in [-0.4, -0.2) is 40.8 Å². The van der Waals surface area contributed by atoms with Gasteiger partial charge in [-0.05, 0) is 12.1 Å². The van der Waals surface area contributed by atoms with Crippen molar-refractivity contribution in [3.8, 4) is 0 Å². The largest absolute Gasteiger partial charge is 0.352 e. The molecule has 0 aliphatic rings. The number of aromatic nitrogens is 2. The first kappa shape index (κ1) is 17.4. The van der Waals surface area contributed by atoms with Crippen LogP contribution in [0.5, 0.6) is 0 Å². The Bertz CT molecular complexity index is 896. The molecule has 1 aromatic heterocycles. The van der Waals surface area contributed by atoms with E-state index >= 15 is 0 Å². The lowest BCUT2D eigenvalue weighted by atomic mass is 10.4. The number of hydrogen-bond acceptors (Lipinski definition) is 4. The summed E-state index contributed by atoms with van der Waals surface area (Å²) >= 11 is 0. The second kappa shape index (κ2) is 6.26. The molecule has 0 bridgehead atoms. The molecule has 0 saturated heterocycles. The number of rotatable bonds is 5. The predicted molar refractivity (Wildman–Crippen MR) is 84.7 cm³/mol. The molecule has 1 atom stereocenters. The molecule has 0 aliphatic heterocycles. The van der Waals surface area contributed by atoms with Crippen LogP contribution in [0.3, 0.4) is 0 Å². The maximum absolute atomic E-state index is 13.5. The topological polar surface area (TPSA) is 96.7 Å². The minimum Gasteiger partial charge on any atom is -0.249 e. The summed E-state index contributed by atoms with van der Waals surface area (Å²) in [6.45, 7) is 0.